The SMILES string of the molecule is [CH2]C1(C)COc2ccccc21.[I-].[Pd]. The zero-order chi connectivity index (χ0) is 7.90. The first-order valence-electron chi connectivity index (χ1n) is 3.78. The summed E-state index contributed by atoms with van der Waals surface area (Å²) in [7, 11) is 0. The summed E-state index contributed by atoms with van der Waals surface area (Å²) in [5, 5.41) is 0. The van der Waals surface area contributed by atoms with Crippen molar-refractivity contribution in [3.63, 3.8) is 0 Å². The largest absolute Gasteiger partial charge is 1.00 e. The van der Waals surface area contributed by atoms with E-state index in [0.29, 0.717) is 6.61 Å². The molecular formula is C10H11IOPd-. The van der Waals surface area contributed by atoms with Crippen LogP contribution in [-0.4, -0.2) is 6.61 Å². The molecule has 1 heterocycles. The smallest absolute Gasteiger partial charge is 0.123 e. The van der Waals surface area contributed by atoms with Crippen LogP contribution in [-0.2, 0) is 25.8 Å². The van der Waals surface area contributed by atoms with Crippen LogP contribution in [0.4, 0.5) is 0 Å². The molecule has 75 valence electrons. The van der Waals surface area contributed by atoms with Crippen molar-refractivity contribution < 1.29 is 49.1 Å². The number of fused-ring (bicyclic) bond motifs is 1. The van der Waals surface area contributed by atoms with Crippen LogP contribution in [0.25, 0.3) is 0 Å². The Morgan fingerprint density at radius 3 is 2.62 bits per heavy atom. The maximum absolute atomic E-state index is 5.45. The molecule has 2 rings (SSSR count). The first-order chi connectivity index (χ1) is 5.20. The molecule has 1 atom stereocenters. The summed E-state index contributed by atoms with van der Waals surface area (Å²) >= 11 is 0. The molecule has 0 spiro atoms. The minimum Gasteiger partial charge on any atom is -1.00 e. The molecule has 3 heteroatoms. The Balaban J connectivity index is 0.000000720. The van der Waals surface area contributed by atoms with Crippen LogP contribution < -0.4 is 28.7 Å². The summed E-state index contributed by atoms with van der Waals surface area (Å²) in [4.78, 5) is 0. The molecule has 0 saturated carbocycles. The third kappa shape index (κ3) is 2.46. The molecule has 0 saturated heterocycles. The van der Waals surface area contributed by atoms with Crippen LogP contribution in [0, 0.1) is 6.92 Å². The van der Waals surface area contributed by atoms with Gasteiger partial charge >= 0.3 is 0 Å². The number of para-hydroxylation sites is 1. The first kappa shape index (κ1) is 13.4. The molecule has 1 aromatic rings. The fourth-order valence-electron chi connectivity index (χ4n) is 1.41. The Morgan fingerprint density at radius 2 is 2.00 bits per heavy atom. The Bertz CT molecular complexity index is 286. The zero-order valence-electron chi connectivity index (χ0n) is 7.33. The van der Waals surface area contributed by atoms with Crippen LogP contribution in [0.3, 0.4) is 0 Å². The fourth-order valence-corrected chi connectivity index (χ4v) is 1.41. The van der Waals surface area contributed by atoms with E-state index in [2.05, 4.69) is 19.9 Å². The summed E-state index contributed by atoms with van der Waals surface area (Å²) < 4.78 is 5.45. The zero-order valence-corrected chi connectivity index (χ0v) is 11.0. The van der Waals surface area contributed by atoms with E-state index in [1.54, 1.807) is 0 Å². The number of hydrogen-bond acceptors (Lipinski definition) is 1. The molecule has 1 unspecified atom stereocenters. The summed E-state index contributed by atoms with van der Waals surface area (Å²) in [6, 6.07) is 8.08. The number of ether oxygens (including phenoxy) is 1. The van der Waals surface area contributed by atoms with Gasteiger partial charge in [0.15, 0.2) is 0 Å². The second-order valence-electron chi connectivity index (χ2n) is 3.35. The number of halogens is 1. The molecule has 1 nitrogen and oxygen atoms in total. The van der Waals surface area contributed by atoms with Gasteiger partial charge in [-0.2, -0.15) is 0 Å². The van der Waals surface area contributed by atoms with Gasteiger partial charge < -0.3 is 28.7 Å². The summed E-state index contributed by atoms with van der Waals surface area (Å²) in [6.45, 7) is 6.88. The second-order valence-corrected chi connectivity index (χ2v) is 3.35. The van der Waals surface area contributed by atoms with Crippen molar-refractivity contribution >= 4 is 0 Å². The molecule has 0 aliphatic carbocycles. The monoisotopic (exact) mass is 380 g/mol. The first-order valence-corrected chi connectivity index (χ1v) is 3.78. The third-order valence-electron chi connectivity index (χ3n) is 2.08. The maximum atomic E-state index is 5.45. The number of benzene rings is 1. The van der Waals surface area contributed by atoms with E-state index in [0.717, 1.165) is 5.75 Å². The van der Waals surface area contributed by atoms with Crippen molar-refractivity contribution in [2.45, 2.75) is 12.3 Å². The van der Waals surface area contributed by atoms with Gasteiger partial charge in [0.25, 0.3) is 0 Å². The van der Waals surface area contributed by atoms with Gasteiger partial charge in [-0.15, -0.1) is 0 Å². The molecule has 0 N–H and O–H groups in total. The van der Waals surface area contributed by atoms with Crippen molar-refractivity contribution in [1.82, 2.24) is 0 Å². The van der Waals surface area contributed by atoms with E-state index in [1.807, 2.05) is 18.2 Å². The predicted molar refractivity (Wildman–Crippen MR) is 44.6 cm³/mol. The Hall–Kier alpha value is 0.412. The fraction of sp³-hybridized carbons (Fsp3) is 0.300. The number of hydrogen-bond donors (Lipinski definition) is 0. The van der Waals surface area contributed by atoms with Crippen molar-refractivity contribution in [3.8, 4) is 5.75 Å². The van der Waals surface area contributed by atoms with E-state index in [9.17, 15) is 0 Å². The predicted octanol–water partition coefficient (Wildman–Crippen LogP) is -0.828. The van der Waals surface area contributed by atoms with Gasteiger partial charge in [-0.25, -0.2) is 0 Å². The maximum Gasteiger partial charge on any atom is 0.123 e. The van der Waals surface area contributed by atoms with Crippen LogP contribution >= 0.6 is 0 Å². The second kappa shape index (κ2) is 4.77. The summed E-state index contributed by atoms with van der Waals surface area (Å²) in [5.41, 5.74) is 1.18. The van der Waals surface area contributed by atoms with Gasteiger partial charge in [0.05, 0.1) is 6.61 Å². The summed E-state index contributed by atoms with van der Waals surface area (Å²) in [5.74, 6) is 0.991. The van der Waals surface area contributed by atoms with E-state index >= 15 is 0 Å². The molecule has 1 radical (unpaired) electrons. The molecule has 0 amide bonds. The average Bonchev–Trinajstić information content (AvgIpc) is 2.29. The van der Waals surface area contributed by atoms with Crippen LogP contribution in [0.2, 0.25) is 0 Å². The van der Waals surface area contributed by atoms with E-state index in [-0.39, 0.29) is 49.8 Å². The van der Waals surface area contributed by atoms with E-state index < -0.39 is 0 Å². The van der Waals surface area contributed by atoms with Gasteiger partial charge in [0.1, 0.15) is 5.75 Å². The van der Waals surface area contributed by atoms with Crippen molar-refractivity contribution in [2.24, 2.45) is 0 Å². The van der Waals surface area contributed by atoms with Gasteiger partial charge in [-0.3, -0.25) is 0 Å². The Morgan fingerprint density at radius 1 is 1.38 bits per heavy atom. The minimum atomic E-state index is -0.0450. The normalized spacial score (nSPS) is 16.2. The molecule has 1 aliphatic heterocycles. The molecule has 0 bridgehead atoms. The molecule has 0 aromatic heterocycles. The quantitative estimate of drug-likeness (QED) is 0.422. The van der Waals surface area contributed by atoms with Crippen molar-refractivity contribution in [1.29, 1.82) is 0 Å². The Kier molecular flexibility index (Phi) is 4.92. The van der Waals surface area contributed by atoms with Crippen LogP contribution in [0.1, 0.15) is 12.5 Å². The van der Waals surface area contributed by atoms with Crippen LogP contribution in [0.5, 0.6) is 5.75 Å². The third-order valence-corrected chi connectivity index (χ3v) is 2.08. The van der Waals surface area contributed by atoms with Gasteiger partial charge in [0.2, 0.25) is 0 Å². The topological polar surface area (TPSA) is 9.23 Å². The van der Waals surface area contributed by atoms with Crippen molar-refractivity contribution in [3.05, 3.63) is 36.8 Å². The van der Waals surface area contributed by atoms with Crippen LogP contribution in [0.15, 0.2) is 24.3 Å². The molecule has 0 fully saturated rings. The van der Waals surface area contributed by atoms with E-state index in [4.69, 9.17) is 4.74 Å². The molecule has 1 aromatic carbocycles. The summed E-state index contributed by atoms with van der Waals surface area (Å²) in [6.07, 6.45) is 0. The Labute approximate surface area is 110 Å². The molecule has 13 heavy (non-hydrogen) atoms. The minimum absolute atomic E-state index is 0. The molecular weight excluding hydrogens is 369 g/mol. The standard InChI is InChI=1S/C10H11O.HI.Pd/c1-10(2)7-11-9-6-4-3-5-8(9)10;;/h3-6H,1,7H2,2H3;1H;/p-1. The van der Waals surface area contributed by atoms with E-state index in [1.165, 1.54) is 5.56 Å². The van der Waals surface area contributed by atoms with Crippen molar-refractivity contribution in [2.75, 3.05) is 6.61 Å². The molecule has 1 aliphatic rings. The van der Waals surface area contributed by atoms with Gasteiger partial charge in [0, 0.05) is 31.4 Å². The van der Waals surface area contributed by atoms with Gasteiger partial charge in [-0.1, -0.05) is 25.1 Å². The number of rotatable bonds is 0. The van der Waals surface area contributed by atoms with Gasteiger partial charge in [-0.05, 0) is 13.0 Å². The average molecular weight is 381 g/mol.